The number of anilines is 1. The van der Waals surface area contributed by atoms with Gasteiger partial charge in [0.2, 0.25) is 0 Å². The fourth-order valence-corrected chi connectivity index (χ4v) is 2.79. The molecule has 2 amide bonds. The molecule has 1 unspecified atom stereocenters. The van der Waals surface area contributed by atoms with Crippen molar-refractivity contribution in [1.29, 1.82) is 0 Å². The molecule has 0 saturated heterocycles. The lowest BCUT2D eigenvalue weighted by Crippen LogP contribution is -2.27. The van der Waals surface area contributed by atoms with Crippen LogP contribution in [0.4, 0.5) is 10.5 Å². The van der Waals surface area contributed by atoms with Crippen LogP contribution >= 0.6 is 11.3 Å². The van der Waals surface area contributed by atoms with E-state index < -0.39 is 6.10 Å². The van der Waals surface area contributed by atoms with Gasteiger partial charge in [-0.25, -0.2) is 4.79 Å². The maximum atomic E-state index is 11.8. The van der Waals surface area contributed by atoms with Gasteiger partial charge in [-0.1, -0.05) is 19.1 Å². The molecule has 1 heterocycles. The number of carbonyl (C=O) groups is 1. The quantitative estimate of drug-likeness (QED) is 0.789. The van der Waals surface area contributed by atoms with Crippen LogP contribution in [0.5, 0.6) is 0 Å². The molecule has 0 bridgehead atoms. The summed E-state index contributed by atoms with van der Waals surface area (Å²) in [5, 5.41) is 15.0. The summed E-state index contributed by atoms with van der Waals surface area (Å²) >= 11 is 1.72. The zero-order chi connectivity index (χ0) is 15.2. The number of amides is 2. The molecule has 0 fully saturated rings. The number of rotatable bonds is 5. The SMILES string of the molecule is CCc1ccc(CNC(=O)Nc2ccc(C(C)O)cc2)s1. The van der Waals surface area contributed by atoms with Crippen LogP contribution < -0.4 is 10.6 Å². The normalized spacial score (nSPS) is 12.0. The van der Waals surface area contributed by atoms with Gasteiger partial charge in [-0.3, -0.25) is 0 Å². The zero-order valence-electron chi connectivity index (χ0n) is 12.2. The topological polar surface area (TPSA) is 61.4 Å². The van der Waals surface area contributed by atoms with Crippen LogP contribution in [0.3, 0.4) is 0 Å². The van der Waals surface area contributed by atoms with E-state index in [0.717, 1.165) is 16.9 Å². The van der Waals surface area contributed by atoms with E-state index in [1.807, 2.05) is 6.07 Å². The number of carbonyl (C=O) groups excluding carboxylic acids is 1. The highest BCUT2D eigenvalue weighted by Gasteiger charge is 2.05. The van der Waals surface area contributed by atoms with Crippen molar-refractivity contribution < 1.29 is 9.90 Å². The maximum absolute atomic E-state index is 11.8. The number of nitrogens with one attached hydrogen (secondary N) is 2. The lowest BCUT2D eigenvalue weighted by molar-refractivity contribution is 0.199. The highest BCUT2D eigenvalue weighted by atomic mass is 32.1. The first-order valence-electron chi connectivity index (χ1n) is 6.99. The summed E-state index contributed by atoms with van der Waals surface area (Å²) in [6.45, 7) is 4.36. The van der Waals surface area contributed by atoms with Gasteiger partial charge in [0, 0.05) is 15.4 Å². The Labute approximate surface area is 128 Å². The van der Waals surface area contributed by atoms with E-state index in [9.17, 15) is 9.90 Å². The molecule has 2 rings (SSSR count). The van der Waals surface area contributed by atoms with Crippen molar-refractivity contribution in [3.05, 3.63) is 51.7 Å². The number of hydrogen-bond donors (Lipinski definition) is 3. The van der Waals surface area contributed by atoms with Crippen molar-refractivity contribution in [3.8, 4) is 0 Å². The van der Waals surface area contributed by atoms with Crippen LogP contribution in [0.15, 0.2) is 36.4 Å². The molecule has 0 radical (unpaired) electrons. The standard InChI is InChI=1S/C16H20N2O2S/c1-3-14-8-9-15(21-14)10-17-16(20)18-13-6-4-12(5-7-13)11(2)19/h4-9,11,19H,3,10H2,1-2H3,(H2,17,18,20). The summed E-state index contributed by atoms with van der Waals surface area (Å²) in [5.41, 5.74) is 1.53. The van der Waals surface area contributed by atoms with Crippen molar-refractivity contribution in [2.75, 3.05) is 5.32 Å². The van der Waals surface area contributed by atoms with E-state index in [4.69, 9.17) is 0 Å². The second kappa shape index (κ2) is 7.24. The predicted octanol–water partition coefficient (Wildman–Crippen LogP) is 3.69. The first kappa shape index (κ1) is 15.5. The van der Waals surface area contributed by atoms with Crippen molar-refractivity contribution >= 4 is 23.1 Å². The minimum Gasteiger partial charge on any atom is -0.389 e. The van der Waals surface area contributed by atoms with Gasteiger partial charge in [-0.05, 0) is 43.2 Å². The molecule has 0 spiro atoms. The smallest absolute Gasteiger partial charge is 0.319 e. The monoisotopic (exact) mass is 304 g/mol. The number of thiophene rings is 1. The van der Waals surface area contributed by atoms with Gasteiger partial charge in [0.1, 0.15) is 0 Å². The zero-order valence-corrected chi connectivity index (χ0v) is 13.0. The van der Waals surface area contributed by atoms with E-state index in [1.165, 1.54) is 4.88 Å². The second-order valence-corrected chi connectivity index (χ2v) is 6.08. The predicted molar refractivity (Wildman–Crippen MR) is 86.6 cm³/mol. The molecule has 4 nitrogen and oxygen atoms in total. The third-order valence-electron chi connectivity index (χ3n) is 3.14. The summed E-state index contributed by atoms with van der Waals surface area (Å²) in [7, 11) is 0. The third kappa shape index (κ3) is 4.58. The Hall–Kier alpha value is -1.85. The molecule has 2 aromatic rings. The second-order valence-electron chi connectivity index (χ2n) is 4.83. The van der Waals surface area contributed by atoms with Crippen LogP contribution in [0.1, 0.15) is 35.3 Å². The minimum absolute atomic E-state index is 0.230. The number of aliphatic hydroxyl groups excluding tert-OH is 1. The number of benzene rings is 1. The molecule has 21 heavy (non-hydrogen) atoms. The molecule has 1 aromatic carbocycles. The fraction of sp³-hybridized carbons (Fsp3) is 0.312. The van der Waals surface area contributed by atoms with E-state index in [-0.39, 0.29) is 6.03 Å². The van der Waals surface area contributed by atoms with E-state index in [0.29, 0.717) is 12.2 Å². The Morgan fingerprint density at radius 3 is 2.43 bits per heavy atom. The number of urea groups is 1. The highest BCUT2D eigenvalue weighted by molar-refractivity contribution is 7.11. The maximum Gasteiger partial charge on any atom is 0.319 e. The first-order valence-corrected chi connectivity index (χ1v) is 7.80. The Balaban J connectivity index is 1.83. The molecule has 5 heteroatoms. The van der Waals surface area contributed by atoms with Gasteiger partial charge in [-0.15, -0.1) is 11.3 Å². The molecular weight excluding hydrogens is 284 g/mol. The fourth-order valence-electron chi connectivity index (χ4n) is 1.90. The molecule has 0 saturated carbocycles. The Morgan fingerprint density at radius 2 is 1.86 bits per heavy atom. The lowest BCUT2D eigenvalue weighted by atomic mass is 10.1. The van der Waals surface area contributed by atoms with Gasteiger partial charge in [0.05, 0.1) is 12.6 Å². The average Bonchev–Trinajstić information content (AvgIpc) is 2.94. The Kier molecular flexibility index (Phi) is 5.36. The summed E-state index contributed by atoms with van der Waals surface area (Å²) in [5.74, 6) is 0. The highest BCUT2D eigenvalue weighted by Crippen LogP contribution is 2.17. The molecule has 0 aliphatic rings. The van der Waals surface area contributed by atoms with Gasteiger partial charge in [0.25, 0.3) is 0 Å². The van der Waals surface area contributed by atoms with Gasteiger partial charge >= 0.3 is 6.03 Å². The Morgan fingerprint density at radius 1 is 1.19 bits per heavy atom. The molecule has 1 atom stereocenters. The largest absolute Gasteiger partial charge is 0.389 e. The number of aryl methyl sites for hydroxylation is 1. The van der Waals surface area contributed by atoms with Crippen LogP contribution in [0, 0.1) is 0 Å². The van der Waals surface area contributed by atoms with Crippen LogP contribution in [0.2, 0.25) is 0 Å². The molecule has 0 aliphatic carbocycles. The van der Waals surface area contributed by atoms with Crippen LogP contribution in [0.25, 0.3) is 0 Å². The molecule has 0 aliphatic heterocycles. The Bertz CT molecular complexity index is 591. The number of aliphatic hydroxyl groups is 1. The summed E-state index contributed by atoms with van der Waals surface area (Å²) in [6, 6.07) is 11.1. The molecule has 1 aromatic heterocycles. The average molecular weight is 304 g/mol. The summed E-state index contributed by atoms with van der Waals surface area (Å²) in [6.07, 6.45) is 0.520. The first-order chi connectivity index (χ1) is 10.1. The van der Waals surface area contributed by atoms with E-state index >= 15 is 0 Å². The molecule has 3 N–H and O–H groups in total. The summed E-state index contributed by atoms with van der Waals surface area (Å²) < 4.78 is 0. The van der Waals surface area contributed by atoms with Crippen molar-refractivity contribution in [3.63, 3.8) is 0 Å². The van der Waals surface area contributed by atoms with Crippen molar-refractivity contribution in [1.82, 2.24) is 5.32 Å². The molecular formula is C16H20N2O2S. The van der Waals surface area contributed by atoms with Crippen molar-refractivity contribution in [2.45, 2.75) is 32.9 Å². The lowest BCUT2D eigenvalue weighted by Gasteiger charge is -2.08. The van der Waals surface area contributed by atoms with E-state index in [2.05, 4.69) is 23.6 Å². The summed E-state index contributed by atoms with van der Waals surface area (Å²) in [4.78, 5) is 14.3. The van der Waals surface area contributed by atoms with Gasteiger partial charge in [0.15, 0.2) is 0 Å². The van der Waals surface area contributed by atoms with E-state index in [1.54, 1.807) is 42.5 Å². The molecule has 112 valence electrons. The van der Waals surface area contributed by atoms with Crippen LogP contribution in [-0.2, 0) is 13.0 Å². The minimum atomic E-state index is -0.500. The van der Waals surface area contributed by atoms with Crippen LogP contribution in [-0.4, -0.2) is 11.1 Å². The van der Waals surface area contributed by atoms with Gasteiger partial charge < -0.3 is 15.7 Å². The number of hydrogen-bond acceptors (Lipinski definition) is 3. The van der Waals surface area contributed by atoms with Crippen molar-refractivity contribution in [2.24, 2.45) is 0 Å². The van der Waals surface area contributed by atoms with Gasteiger partial charge in [-0.2, -0.15) is 0 Å². The third-order valence-corrected chi connectivity index (χ3v) is 4.37.